The lowest BCUT2D eigenvalue weighted by Crippen LogP contribution is -2.78. The van der Waals surface area contributed by atoms with E-state index in [-0.39, 0.29) is 19.8 Å². The summed E-state index contributed by atoms with van der Waals surface area (Å²) in [4.78, 5) is 13.1. The molecule has 1 amide bonds. The summed E-state index contributed by atoms with van der Waals surface area (Å²) in [7, 11) is -6.71. The summed E-state index contributed by atoms with van der Waals surface area (Å²) in [6.07, 6.45) is -13.7. The van der Waals surface area contributed by atoms with E-state index in [0.717, 1.165) is 0 Å². The first-order valence-electron chi connectivity index (χ1n) is 19.3. The molecular weight excluding hydrogens is 845 g/mol. The Hall–Kier alpha value is -5.14. The third-order valence-corrected chi connectivity index (χ3v) is 11.0. The summed E-state index contributed by atoms with van der Waals surface area (Å²) in [5.74, 6) is -2.64. The summed E-state index contributed by atoms with van der Waals surface area (Å²) >= 11 is 0. The van der Waals surface area contributed by atoms with Gasteiger partial charge in [-0.25, -0.2) is 0 Å². The van der Waals surface area contributed by atoms with Gasteiger partial charge in [0, 0.05) is 0 Å². The van der Waals surface area contributed by atoms with Crippen molar-refractivity contribution in [3.63, 3.8) is 0 Å². The number of halogens is 6. The number of carbonyl (C=O) groups excluding carboxylic acids is 1. The molecule has 5 aromatic rings. The van der Waals surface area contributed by atoms with Crippen molar-refractivity contribution in [1.29, 1.82) is 0 Å². The van der Waals surface area contributed by atoms with Crippen LogP contribution in [0, 0.1) is 0 Å². The molecule has 1 aliphatic rings. The molecule has 62 heavy (non-hydrogen) atoms. The van der Waals surface area contributed by atoms with Crippen LogP contribution in [0.5, 0.6) is 0 Å². The Morgan fingerprint density at radius 2 is 0.919 bits per heavy atom. The van der Waals surface area contributed by atoms with Crippen molar-refractivity contribution in [3.05, 3.63) is 179 Å². The topological polar surface area (TPSA) is 119 Å². The van der Waals surface area contributed by atoms with Crippen molar-refractivity contribution in [1.82, 2.24) is 5.32 Å². The van der Waals surface area contributed by atoms with Crippen LogP contribution >= 0.6 is 0 Å². The van der Waals surface area contributed by atoms with E-state index >= 15 is 0 Å². The Morgan fingerprint density at radius 3 is 1.34 bits per heavy atom. The summed E-state index contributed by atoms with van der Waals surface area (Å²) < 4.78 is 150. The minimum Gasteiger partial charge on any atom is -0.374 e. The maximum absolute atomic E-state index is 14.5. The summed E-state index contributed by atoms with van der Waals surface area (Å²) in [5, 5.41) is 1.74. The number of alkyl halides is 6. The van der Waals surface area contributed by atoms with E-state index < -0.39 is 83.6 Å². The Kier molecular flexibility index (Phi) is 15.6. The lowest BCUT2D eigenvalue weighted by Gasteiger charge is -2.56. The van der Waals surface area contributed by atoms with E-state index in [1.54, 1.807) is 157 Å². The van der Waals surface area contributed by atoms with Gasteiger partial charge in [0.15, 0.2) is 5.60 Å². The molecule has 0 unspecified atom stereocenters. The van der Waals surface area contributed by atoms with E-state index in [4.69, 9.17) is 27.9 Å². The van der Waals surface area contributed by atoms with Gasteiger partial charge in [0.25, 0.3) is 0 Å². The average Bonchev–Trinajstić information content (AvgIpc) is 3.26. The Balaban J connectivity index is 1.60. The van der Waals surface area contributed by atoms with Gasteiger partial charge < -0.3 is 29.0 Å². The largest absolute Gasteiger partial charge is 0.523 e. The van der Waals surface area contributed by atoms with Crippen LogP contribution in [0.25, 0.3) is 0 Å². The summed E-state index contributed by atoms with van der Waals surface area (Å²) in [5.41, 5.74) is -6.23. The van der Waals surface area contributed by atoms with Gasteiger partial charge in [-0.15, -0.1) is 0 Å². The predicted molar refractivity (Wildman–Crippen MR) is 213 cm³/mol. The fourth-order valence-corrected chi connectivity index (χ4v) is 7.66. The molecule has 0 bridgehead atoms. The van der Waals surface area contributed by atoms with Crippen LogP contribution in [0.1, 0.15) is 27.8 Å². The second-order valence-corrected chi connectivity index (χ2v) is 15.9. The first-order valence-corrected chi connectivity index (χ1v) is 20.7. The zero-order valence-electron chi connectivity index (χ0n) is 32.9. The van der Waals surface area contributed by atoms with Crippen LogP contribution in [-0.4, -0.2) is 68.7 Å². The van der Waals surface area contributed by atoms with Crippen LogP contribution in [0.4, 0.5) is 26.3 Å². The number of hydrogen-bond donors (Lipinski definition) is 1. The van der Waals surface area contributed by atoms with Crippen molar-refractivity contribution in [2.45, 2.75) is 80.8 Å². The minimum absolute atomic E-state index is 0.246. The number of rotatable bonds is 19. The van der Waals surface area contributed by atoms with Gasteiger partial charge in [-0.2, -0.15) is 34.8 Å². The predicted octanol–water partition coefficient (Wildman–Crippen LogP) is 8.21. The highest BCUT2D eigenvalue weighted by Gasteiger charge is 2.67. The van der Waals surface area contributed by atoms with Gasteiger partial charge in [0.1, 0.15) is 24.4 Å². The van der Waals surface area contributed by atoms with Crippen LogP contribution < -0.4 is 5.32 Å². The van der Waals surface area contributed by atoms with E-state index in [2.05, 4.69) is 0 Å². The van der Waals surface area contributed by atoms with E-state index in [1.807, 2.05) is 0 Å². The molecule has 0 aliphatic heterocycles. The molecule has 0 radical (unpaired) electrons. The Labute approximate surface area is 354 Å². The van der Waals surface area contributed by atoms with Crippen molar-refractivity contribution < 1.29 is 67.4 Å². The monoisotopic (exact) mass is 887 g/mol. The molecule has 1 N–H and O–H groups in total. The van der Waals surface area contributed by atoms with Gasteiger partial charge in [0.05, 0.1) is 45.7 Å². The highest BCUT2D eigenvalue weighted by molar-refractivity contribution is 7.87. The lowest BCUT2D eigenvalue weighted by molar-refractivity contribution is -0.302. The molecule has 0 aromatic heterocycles. The minimum atomic E-state index is -6.71. The fraction of sp³-hybridized carbons (Fsp3) is 0.311. The SMILES string of the molecule is O=C(N[C@@H]1[C@H](OCc2ccccc2)[C@@H](OCc2ccccc2)[C@H](OCc2ccccc2)[C@](COCc2ccccc2)(OCc2ccccc2)[C@H]1OS(=O)(=O)C(F)(F)F)C(F)(F)F. The van der Waals surface area contributed by atoms with E-state index in [1.165, 1.54) is 0 Å². The second kappa shape index (κ2) is 20.8. The lowest BCUT2D eigenvalue weighted by atomic mass is 9.73. The number of nitrogens with one attached hydrogen (secondary N) is 1. The van der Waals surface area contributed by atoms with Crippen LogP contribution in [0.15, 0.2) is 152 Å². The fourth-order valence-electron chi connectivity index (χ4n) is 6.99. The quantitative estimate of drug-likeness (QED) is 0.0498. The first-order chi connectivity index (χ1) is 29.7. The molecule has 0 heterocycles. The zero-order valence-corrected chi connectivity index (χ0v) is 33.7. The molecule has 330 valence electrons. The van der Waals surface area contributed by atoms with Gasteiger partial charge >= 0.3 is 27.7 Å². The molecule has 0 saturated heterocycles. The number of amides is 1. The zero-order chi connectivity index (χ0) is 44.2. The maximum Gasteiger partial charge on any atom is 0.523 e. The average molecular weight is 888 g/mol. The van der Waals surface area contributed by atoms with Crippen LogP contribution in [0.2, 0.25) is 0 Å². The molecule has 0 spiro atoms. The molecule has 1 fully saturated rings. The van der Waals surface area contributed by atoms with Crippen molar-refractivity contribution >= 4 is 16.0 Å². The smallest absolute Gasteiger partial charge is 0.374 e. The van der Waals surface area contributed by atoms with E-state index in [0.29, 0.717) is 27.8 Å². The summed E-state index contributed by atoms with van der Waals surface area (Å²) in [6, 6.07) is 39.4. The molecule has 6 atom stereocenters. The molecule has 17 heteroatoms. The highest BCUT2D eigenvalue weighted by Crippen LogP contribution is 2.44. The van der Waals surface area contributed by atoms with Crippen molar-refractivity contribution in [2.24, 2.45) is 0 Å². The van der Waals surface area contributed by atoms with Crippen LogP contribution in [-0.2, 0) is 75.8 Å². The van der Waals surface area contributed by atoms with Gasteiger partial charge in [-0.3, -0.25) is 8.98 Å². The molecule has 5 aromatic carbocycles. The molecule has 1 aliphatic carbocycles. The number of hydrogen-bond acceptors (Lipinski definition) is 9. The molecule has 6 rings (SSSR count). The Bertz CT molecular complexity index is 2240. The van der Waals surface area contributed by atoms with Gasteiger partial charge in [-0.1, -0.05) is 152 Å². The maximum atomic E-state index is 14.5. The third-order valence-electron chi connectivity index (χ3n) is 9.97. The van der Waals surface area contributed by atoms with Crippen LogP contribution in [0.3, 0.4) is 0 Å². The van der Waals surface area contributed by atoms with Gasteiger partial charge in [0.2, 0.25) is 0 Å². The number of benzene rings is 5. The number of ether oxygens (including phenoxy) is 5. The van der Waals surface area contributed by atoms with Gasteiger partial charge in [-0.05, 0) is 27.8 Å². The summed E-state index contributed by atoms with van der Waals surface area (Å²) in [6.45, 7) is -2.59. The highest BCUT2D eigenvalue weighted by atomic mass is 32.2. The second-order valence-electron chi connectivity index (χ2n) is 14.4. The number of carbonyl (C=O) groups is 1. The van der Waals surface area contributed by atoms with E-state index in [9.17, 15) is 39.6 Å². The van der Waals surface area contributed by atoms with Crippen molar-refractivity contribution in [3.8, 4) is 0 Å². The standard InChI is InChI=1S/C45H43F6NO9S/c46-44(47,48)42(53)52-37-38(57-27-33-18-8-2-9-19-33)39(58-28-34-20-10-3-11-21-34)41(59-29-35-22-12-4-13-23-35)43(60-30-36-24-14-5-15-25-36,31-56-26-32-16-6-1-7-17-32)40(37)61-62(54,55)45(49,50)51/h1-25,37-41H,26-31H2,(H,52,53)/t37-,38+,39-,40+,41+,43-/m1/s1. The molecule has 10 nitrogen and oxygen atoms in total. The van der Waals surface area contributed by atoms with Crippen molar-refractivity contribution in [2.75, 3.05) is 6.61 Å². The molecule has 1 saturated carbocycles. The Morgan fingerprint density at radius 1 is 0.532 bits per heavy atom. The first kappa shape index (κ1) is 46.4. The third kappa shape index (κ3) is 12.1. The normalized spacial score (nSPS) is 21.9. The molecular formula is C45H43F6NO9S.